The lowest BCUT2D eigenvalue weighted by Gasteiger charge is -2.39. The summed E-state index contributed by atoms with van der Waals surface area (Å²) in [4.78, 5) is 83.9. The number of aliphatic carboxylic acids is 2. The van der Waals surface area contributed by atoms with Gasteiger partial charge in [-0.25, -0.2) is 29.2 Å². The lowest BCUT2D eigenvalue weighted by atomic mass is 9.87. The minimum atomic E-state index is -1.80. The number of carboxylic acid groups (broad SMARTS) is 2. The Balaban J connectivity index is 1.74. The Bertz CT molecular complexity index is 2160. The maximum absolute atomic E-state index is 13.3. The van der Waals surface area contributed by atoms with Crippen molar-refractivity contribution in [2.45, 2.75) is 88.4 Å². The van der Waals surface area contributed by atoms with Crippen molar-refractivity contribution in [2.75, 3.05) is 172 Å². The Morgan fingerprint density at radius 3 is 1.30 bits per heavy atom. The number of nitrogens with two attached hydrogens (primary N) is 4. The number of ether oxygens (including phenoxy) is 14. The zero-order chi connectivity index (χ0) is 65.8. The predicted molar refractivity (Wildman–Crippen MR) is 310 cm³/mol. The van der Waals surface area contributed by atoms with E-state index in [0.717, 1.165) is 19.4 Å². The van der Waals surface area contributed by atoms with Crippen LogP contribution >= 0.6 is 0 Å². The number of carbonyl (C=O) groups is 6. The molecule has 2 heterocycles. The van der Waals surface area contributed by atoms with Gasteiger partial charge in [0.1, 0.15) is 18.3 Å². The van der Waals surface area contributed by atoms with Gasteiger partial charge in [-0.1, -0.05) is 13.8 Å². The molecule has 0 aromatic carbocycles. The van der Waals surface area contributed by atoms with Gasteiger partial charge in [0.25, 0.3) is 0 Å². The van der Waals surface area contributed by atoms with Crippen LogP contribution in [0.2, 0.25) is 0 Å². The number of nitrogens with zero attached hydrogens (tertiary/aromatic N) is 3. The van der Waals surface area contributed by atoms with E-state index in [4.69, 9.17) is 89.3 Å². The summed E-state index contributed by atoms with van der Waals surface area (Å²) in [5, 5.41) is 67.1. The van der Waals surface area contributed by atoms with E-state index >= 15 is 0 Å². The molecule has 4 amide bonds. The van der Waals surface area contributed by atoms with Gasteiger partial charge >= 0.3 is 24.1 Å². The number of carbonyl (C=O) groups excluding carboxylic acids is 4. The second-order valence-corrected chi connectivity index (χ2v) is 19.4. The molecule has 0 aromatic heterocycles. The number of hydrogen-bond donors (Lipinski definition) is 13. The van der Waals surface area contributed by atoms with Crippen molar-refractivity contribution in [3.63, 3.8) is 0 Å². The van der Waals surface area contributed by atoms with Crippen molar-refractivity contribution in [3.05, 3.63) is 23.7 Å². The van der Waals surface area contributed by atoms with Gasteiger partial charge in [0.15, 0.2) is 30.2 Å². The van der Waals surface area contributed by atoms with Gasteiger partial charge in [-0.3, -0.25) is 9.59 Å². The Kier molecular flexibility index (Phi) is 41.9. The highest BCUT2D eigenvalue weighted by Gasteiger charge is 2.47. The summed E-state index contributed by atoms with van der Waals surface area (Å²) in [6.45, 7) is 8.40. The van der Waals surface area contributed by atoms with Gasteiger partial charge in [-0.15, -0.1) is 0 Å². The third kappa shape index (κ3) is 34.3. The topological polar surface area (TPSA) is 521 Å². The van der Waals surface area contributed by atoms with Crippen LogP contribution in [0.5, 0.6) is 0 Å². The van der Waals surface area contributed by atoms with Gasteiger partial charge < -0.3 is 141 Å². The van der Waals surface area contributed by atoms with Gasteiger partial charge in [0, 0.05) is 45.6 Å². The number of aliphatic hydroxyl groups is 4. The number of rotatable bonds is 51. The molecule has 89 heavy (non-hydrogen) atoms. The first-order valence-corrected chi connectivity index (χ1v) is 28.9. The smallest absolute Gasteiger partial charge is 0.407 e. The molecule has 0 saturated heterocycles. The first-order chi connectivity index (χ1) is 42.7. The highest BCUT2D eigenvalue weighted by atomic mass is 16.6. The number of guanidine groups is 2. The first-order valence-electron chi connectivity index (χ1n) is 28.9. The maximum Gasteiger partial charge on any atom is 0.407 e. The Morgan fingerprint density at radius 1 is 0.551 bits per heavy atom. The van der Waals surface area contributed by atoms with E-state index in [1.54, 1.807) is 11.8 Å². The predicted octanol–water partition coefficient (Wildman–Crippen LogP) is -5.16. The van der Waals surface area contributed by atoms with Crippen LogP contribution in [0.15, 0.2) is 33.7 Å². The summed E-state index contributed by atoms with van der Waals surface area (Å²) < 4.78 is 77.3. The summed E-state index contributed by atoms with van der Waals surface area (Å²) in [6.07, 6.45) is -8.39. The van der Waals surface area contributed by atoms with E-state index in [1.807, 2.05) is 6.92 Å². The molecule has 10 atom stereocenters. The summed E-state index contributed by atoms with van der Waals surface area (Å²) in [5.74, 6) is -6.48. The summed E-state index contributed by atoms with van der Waals surface area (Å²) in [6, 6.07) is -3.37. The number of amides is 4. The Hall–Kier alpha value is -6.52. The third-order valence-electron chi connectivity index (χ3n) is 12.4. The zero-order valence-electron chi connectivity index (χ0n) is 50.7. The van der Waals surface area contributed by atoms with Crippen LogP contribution in [-0.4, -0.2) is 310 Å². The van der Waals surface area contributed by atoms with Gasteiger partial charge in [-0.05, 0) is 18.6 Å². The second kappa shape index (κ2) is 47.4. The van der Waals surface area contributed by atoms with E-state index in [1.165, 1.54) is 6.08 Å². The van der Waals surface area contributed by atoms with Crippen LogP contribution in [-0.2, 0) is 85.5 Å². The lowest BCUT2D eigenvalue weighted by molar-refractivity contribution is -0.147. The molecule has 2 aliphatic heterocycles. The van der Waals surface area contributed by atoms with E-state index in [-0.39, 0.29) is 137 Å². The first kappa shape index (κ1) is 78.6. The second-order valence-electron chi connectivity index (χ2n) is 19.4. The largest absolute Gasteiger partial charge is 0.479 e. The molecule has 2 aliphatic rings. The van der Waals surface area contributed by atoms with E-state index in [2.05, 4.69) is 25.9 Å². The number of nitrogens with one attached hydrogen (secondary N) is 3. The van der Waals surface area contributed by atoms with E-state index in [0.29, 0.717) is 39.6 Å². The summed E-state index contributed by atoms with van der Waals surface area (Å²) >= 11 is 0. The minimum Gasteiger partial charge on any atom is -0.479 e. The van der Waals surface area contributed by atoms with Gasteiger partial charge in [-0.2, -0.15) is 0 Å². The normalized spacial score (nSPS) is 19.3. The number of aliphatic hydroxyl groups excluding tert-OH is 4. The van der Waals surface area contributed by atoms with Crippen molar-refractivity contribution < 1.29 is 126 Å². The highest BCUT2D eigenvalue weighted by molar-refractivity contribution is 5.86. The van der Waals surface area contributed by atoms with Crippen molar-refractivity contribution in [1.82, 2.24) is 20.9 Å². The fraction of sp³-hybridized carbons (Fsp3) is 0.774. The quantitative estimate of drug-likeness (QED) is 0.0154. The maximum atomic E-state index is 13.3. The molecule has 0 aliphatic carbocycles. The zero-order valence-corrected chi connectivity index (χ0v) is 50.7. The molecule has 0 spiro atoms. The summed E-state index contributed by atoms with van der Waals surface area (Å²) in [7, 11) is 0. The highest BCUT2D eigenvalue weighted by Crippen LogP contribution is 2.31. The minimum absolute atomic E-state index is 0.00895. The van der Waals surface area contributed by atoms with Crippen molar-refractivity contribution in [3.8, 4) is 0 Å². The fourth-order valence-electron chi connectivity index (χ4n) is 8.14. The molecular weight excluding hydrogens is 1190 g/mol. The Morgan fingerprint density at radius 2 is 0.910 bits per heavy atom. The van der Waals surface area contributed by atoms with E-state index < -0.39 is 121 Å². The van der Waals surface area contributed by atoms with Crippen LogP contribution < -0.4 is 38.9 Å². The molecule has 36 nitrogen and oxygen atoms in total. The molecule has 2 rings (SSSR count). The molecule has 0 saturated carbocycles. The van der Waals surface area contributed by atoms with Crippen molar-refractivity contribution >= 4 is 47.9 Å². The van der Waals surface area contributed by atoms with Crippen LogP contribution in [0, 0.1) is 5.92 Å². The van der Waals surface area contributed by atoms with Crippen LogP contribution in [0.1, 0.15) is 33.6 Å². The van der Waals surface area contributed by atoms with Crippen LogP contribution in [0.3, 0.4) is 0 Å². The molecule has 17 N–H and O–H groups in total. The van der Waals surface area contributed by atoms with Crippen LogP contribution in [0.4, 0.5) is 9.59 Å². The molecule has 0 aromatic rings. The van der Waals surface area contributed by atoms with E-state index in [9.17, 15) is 59.4 Å². The SMILES string of the molecule is CCCOCCOCCOCCOCCC(=O)N(CCOCCOCCOCCNC(=O)O[C@@H]([C@@H]1OC(C(=O)O)=C[C@H](N=C(N)N)[C@H]1C)[C@H](O)CO)CCOCCOCCOCCNC(=O)O[C@@H]([C@@H]1OC(C(=O)O)=C[C@H](N=C(N)N)[C@H]1NC(C)=O)[C@H](O)CO. The Labute approximate surface area is 515 Å². The molecule has 512 valence electrons. The molecule has 0 radical (unpaired) electrons. The number of aliphatic imine (C=N–C) groups is 2. The molecule has 0 fully saturated rings. The number of hydrogen-bond acceptors (Lipinski definition) is 26. The summed E-state index contributed by atoms with van der Waals surface area (Å²) in [5.41, 5.74) is 22.0. The van der Waals surface area contributed by atoms with Crippen molar-refractivity contribution in [2.24, 2.45) is 38.8 Å². The molecule has 0 unspecified atom stereocenters. The third-order valence-corrected chi connectivity index (χ3v) is 12.4. The fourth-order valence-corrected chi connectivity index (χ4v) is 8.14. The van der Waals surface area contributed by atoms with Crippen LogP contribution in [0.25, 0.3) is 0 Å². The molecular formula is C53H94N10O26. The lowest BCUT2D eigenvalue weighted by Crippen LogP contribution is -2.61. The standard InChI is InChI=1S/C53H94N10O26/c1-4-10-76-16-22-82-28-29-83-23-17-77-11-5-42(69)63(8-14-80-20-26-84-24-18-78-12-6-58-52(74)88-45(38(67)32-64)44-34(2)36(61-50(54)55)30-40(86-44)48(70)71)9-15-81-21-27-85-25-19-79-13-7-59-53(75)89-46(39(68)33-65)47-43(60-35(3)66)37(62-51(56)57)31-41(87-47)49(72)73/h30-31,34,36-39,43-47,64-65,67-68H,4-29,32-33H2,1-3H3,(H,58,74)(H,59,75)(H,60,66)(H,70,71)(H,72,73)(H4,54,55,61)(H4,56,57,62)/t34-,36+,37+,38-,39-,43-,44-,45-,46-,47-/m1/s1. The number of alkyl carbamates (subject to hydrolysis) is 2. The van der Waals surface area contributed by atoms with Crippen molar-refractivity contribution in [1.29, 1.82) is 0 Å². The monoisotopic (exact) mass is 1290 g/mol. The van der Waals surface area contributed by atoms with Gasteiger partial charge in [0.2, 0.25) is 23.3 Å². The average molecular weight is 1290 g/mol. The molecule has 36 heteroatoms. The van der Waals surface area contributed by atoms with Gasteiger partial charge in [0.05, 0.1) is 163 Å². The number of carboxylic acids is 2. The average Bonchev–Trinajstić information content (AvgIpc) is 1.43. The molecule has 0 bridgehead atoms.